The van der Waals surface area contributed by atoms with Gasteiger partial charge in [-0.1, -0.05) is 6.42 Å². The zero-order valence-corrected chi connectivity index (χ0v) is 12.7. The normalized spacial score (nSPS) is 14.5. The van der Waals surface area contributed by atoms with Crippen LogP contribution in [0.4, 0.5) is 0 Å². The molecule has 0 spiro atoms. The molecule has 1 aliphatic rings. The van der Waals surface area contributed by atoms with E-state index in [1.165, 1.54) is 12.8 Å². The van der Waals surface area contributed by atoms with Crippen molar-refractivity contribution in [2.24, 2.45) is 0 Å². The van der Waals surface area contributed by atoms with Crippen molar-refractivity contribution in [3.05, 3.63) is 28.2 Å². The Bertz CT molecular complexity index is 593. The van der Waals surface area contributed by atoms with Gasteiger partial charge in [-0.2, -0.15) is 0 Å². The third-order valence-corrected chi connectivity index (χ3v) is 4.36. The highest BCUT2D eigenvalue weighted by molar-refractivity contribution is 7.07. The fraction of sp³-hybridized carbons (Fsp3) is 0.571. The molecule has 0 atom stereocenters. The Balaban J connectivity index is 1.50. The molecule has 7 heteroatoms. The van der Waals surface area contributed by atoms with E-state index in [0.29, 0.717) is 19.4 Å². The van der Waals surface area contributed by atoms with Gasteiger partial charge in [-0.25, -0.2) is 4.98 Å². The van der Waals surface area contributed by atoms with Gasteiger partial charge >= 0.3 is 0 Å². The SMILES string of the molecule is O=C(CCc1cscn1)NCc1nnc2n1CCCCC2. The van der Waals surface area contributed by atoms with Crippen molar-refractivity contribution in [1.29, 1.82) is 0 Å². The van der Waals surface area contributed by atoms with E-state index in [1.54, 1.807) is 16.8 Å². The fourth-order valence-corrected chi connectivity index (χ4v) is 3.14. The lowest BCUT2D eigenvalue weighted by molar-refractivity contribution is -0.121. The van der Waals surface area contributed by atoms with Gasteiger partial charge in [-0.15, -0.1) is 21.5 Å². The number of fused-ring (bicyclic) bond motifs is 1. The van der Waals surface area contributed by atoms with E-state index in [4.69, 9.17) is 0 Å². The molecule has 112 valence electrons. The topological polar surface area (TPSA) is 72.7 Å². The van der Waals surface area contributed by atoms with Gasteiger partial charge in [0.1, 0.15) is 5.82 Å². The Morgan fingerprint density at radius 1 is 1.33 bits per heavy atom. The van der Waals surface area contributed by atoms with Crippen LogP contribution in [0.1, 0.15) is 43.0 Å². The van der Waals surface area contributed by atoms with Crippen molar-refractivity contribution in [3.63, 3.8) is 0 Å². The Hall–Kier alpha value is -1.76. The van der Waals surface area contributed by atoms with Crippen molar-refractivity contribution >= 4 is 17.2 Å². The van der Waals surface area contributed by atoms with Crippen LogP contribution in [0.3, 0.4) is 0 Å². The second-order valence-electron chi connectivity index (χ2n) is 5.25. The molecule has 3 heterocycles. The second-order valence-corrected chi connectivity index (χ2v) is 5.97. The molecular weight excluding hydrogens is 286 g/mol. The number of nitrogens with one attached hydrogen (secondary N) is 1. The average Bonchev–Trinajstić information content (AvgIpc) is 3.08. The Morgan fingerprint density at radius 2 is 2.29 bits per heavy atom. The highest BCUT2D eigenvalue weighted by Gasteiger charge is 2.15. The average molecular weight is 305 g/mol. The number of aromatic nitrogens is 4. The zero-order chi connectivity index (χ0) is 14.5. The van der Waals surface area contributed by atoms with Crippen molar-refractivity contribution in [3.8, 4) is 0 Å². The predicted octanol–water partition coefficient (Wildman–Crippen LogP) is 1.71. The summed E-state index contributed by atoms with van der Waals surface area (Å²) in [6.45, 7) is 1.43. The van der Waals surface area contributed by atoms with E-state index in [9.17, 15) is 4.79 Å². The monoisotopic (exact) mass is 305 g/mol. The molecule has 0 unspecified atom stereocenters. The fourth-order valence-electron chi connectivity index (χ4n) is 2.54. The molecule has 0 bridgehead atoms. The number of aryl methyl sites for hydroxylation is 2. The summed E-state index contributed by atoms with van der Waals surface area (Å²) in [5.74, 6) is 1.96. The third kappa shape index (κ3) is 3.66. The number of rotatable bonds is 5. The first-order valence-corrected chi connectivity index (χ1v) is 8.32. The van der Waals surface area contributed by atoms with E-state index >= 15 is 0 Å². The lowest BCUT2D eigenvalue weighted by Gasteiger charge is -2.08. The van der Waals surface area contributed by atoms with Gasteiger partial charge in [-0.3, -0.25) is 4.79 Å². The van der Waals surface area contributed by atoms with Crippen LogP contribution in [-0.4, -0.2) is 25.7 Å². The minimum atomic E-state index is 0.0361. The van der Waals surface area contributed by atoms with E-state index in [0.717, 1.165) is 36.7 Å². The van der Waals surface area contributed by atoms with E-state index in [1.807, 2.05) is 5.38 Å². The maximum atomic E-state index is 11.9. The maximum Gasteiger partial charge on any atom is 0.220 e. The smallest absolute Gasteiger partial charge is 0.220 e. The molecule has 0 aromatic carbocycles. The van der Waals surface area contributed by atoms with Crippen molar-refractivity contribution in [2.45, 2.75) is 51.6 Å². The van der Waals surface area contributed by atoms with Crippen molar-refractivity contribution in [1.82, 2.24) is 25.1 Å². The predicted molar refractivity (Wildman–Crippen MR) is 79.9 cm³/mol. The number of carbonyl (C=O) groups excluding carboxylic acids is 1. The summed E-state index contributed by atoms with van der Waals surface area (Å²) in [4.78, 5) is 16.1. The molecule has 1 amide bonds. The van der Waals surface area contributed by atoms with Gasteiger partial charge in [0.25, 0.3) is 0 Å². The standard InChI is InChI=1S/C14H19N5OS/c20-14(6-5-11-9-21-10-16-11)15-8-13-18-17-12-4-2-1-3-7-19(12)13/h9-10H,1-8H2,(H,15,20). The number of carbonyl (C=O) groups is 1. The first kappa shape index (κ1) is 14.2. The van der Waals surface area contributed by atoms with E-state index in [2.05, 4.69) is 25.1 Å². The molecule has 0 radical (unpaired) electrons. The summed E-state index contributed by atoms with van der Waals surface area (Å²) in [5.41, 5.74) is 2.77. The highest BCUT2D eigenvalue weighted by Crippen LogP contribution is 2.14. The van der Waals surface area contributed by atoms with Crippen molar-refractivity contribution < 1.29 is 4.79 Å². The molecule has 21 heavy (non-hydrogen) atoms. The van der Waals surface area contributed by atoms with Gasteiger partial charge in [0, 0.05) is 24.8 Å². The maximum absolute atomic E-state index is 11.9. The molecule has 3 rings (SSSR count). The van der Waals surface area contributed by atoms with Gasteiger partial charge in [-0.05, 0) is 19.3 Å². The van der Waals surface area contributed by atoms with Gasteiger partial charge in [0.05, 0.1) is 17.7 Å². The third-order valence-electron chi connectivity index (χ3n) is 3.72. The molecule has 1 aliphatic heterocycles. The van der Waals surface area contributed by atoms with E-state index < -0.39 is 0 Å². The Labute approximate surface area is 127 Å². The van der Waals surface area contributed by atoms with Crippen LogP contribution in [0.2, 0.25) is 0 Å². The van der Waals surface area contributed by atoms with Gasteiger partial charge in [0.2, 0.25) is 5.91 Å². The first-order valence-electron chi connectivity index (χ1n) is 7.37. The zero-order valence-electron chi connectivity index (χ0n) is 11.9. The molecule has 0 saturated heterocycles. The van der Waals surface area contributed by atoms with Crippen LogP contribution in [0.15, 0.2) is 10.9 Å². The summed E-state index contributed by atoms with van der Waals surface area (Å²) in [6, 6.07) is 0. The summed E-state index contributed by atoms with van der Waals surface area (Å²) in [5, 5.41) is 13.4. The molecule has 0 saturated carbocycles. The van der Waals surface area contributed by atoms with E-state index in [-0.39, 0.29) is 5.91 Å². The Morgan fingerprint density at radius 3 is 3.14 bits per heavy atom. The Kier molecular flexibility index (Phi) is 4.59. The van der Waals surface area contributed by atoms with Crippen LogP contribution in [-0.2, 0) is 30.7 Å². The summed E-state index contributed by atoms with van der Waals surface area (Å²) in [6.07, 6.45) is 5.72. The van der Waals surface area contributed by atoms with Gasteiger partial charge in [0.15, 0.2) is 5.82 Å². The minimum Gasteiger partial charge on any atom is -0.349 e. The van der Waals surface area contributed by atoms with Crippen LogP contribution in [0.25, 0.3) is 0 Å². The summed E-state index contributed by atoms with van der Waals surface area (Å²) in [7, 11) is 0. The van der Waals surface area contributed by atoms with Crippen molar-refractivity contribution in [2.75, 3.05) is 0 Å². The largest absolute Gasteiger partial charge is 0.349 e. The summed E-state index contributed by atoms with van der Waals surface area (Å²) < 4.78 is 2.16. The first-order chi connectivity index (χ1) is 10.3. The highest BCUT2D eigenvalue weighted by atomic mass is 32.1. The van der Waals surface area contributed by atoms with Crippen LogP contribution in [0, 0.1) is 0 Å². The second kappa shape index (κ2) is 6.80. The number of hydrogen-bond donors (Lipinski definition) is 1. The summed E-state index contributed by atoms with van der Waals surface area (Å²) >= 11 is 1.56. The molecule has 0 aliphatic carbocycles. The molecule has 1 N–H and O–H groups in total. The lowest BCUT2D eigenvalue weighted by atomic mass is 10.2. The molecule has 0 fully saturated rings. The number of amides is 1. The molecule has 6 nitrogen and oxygen atoms in total. The van der Waals surface area contributed by atoms with Crippen LogP contribution >= 0.6 is 11.3 Å². The quantitative estimate of drug-likeness (QED) is 0.912. The number of nitrogens with zero attached hydrogens (tertiary/aromatic N) is 4. The lowest BCUT2D eigenvalue weighted by Crippen LogP contribution is -2.25. The number of thiazole rings is 1. The minimum absolute atomic E-state index is 0.0361. The van der Waals surface area contributed by atoms with Gasteiger partial charge < -0.3 is 9.88 Å². The molecule has 2 aromatic rings. The molecular formula is C14H19N5OS. The number of hydrogen-bond acceptors (Lipinski definition) is 5. The van der Waals surface area contributed by atoms with Crippen LogP contribution < -0.4 is 5.32 Å². The van der Waals surface area contributed by atoms with Crippen LogP contribution in [0.5, 0.6) is 0 Å². The molecule has 2 aromatic heterocycles.